The lowest BCUT2D eigenvalue weighted by molar-refractivity contribution is -0.116. The van der Waals surface area contributed by atoms with Gasteiger partial charge in [0.2, 0.25) is 5.91 Å². The number of nitrogens with zero attached hydrogens (tertiary/aromatic N) is 1. The number of aliphatic hydroxyl groups is 1. The first-order chi connectivity index (χ1) is 10.1. The molecular formula is C15H23N3O2S. The molecule has 0 aliphatic heterocycles. The summed E-state index contributed by atoms with van der Waals surface area (Å²) in [6.07, 6.45) is 1.14. The second kappa shape index (κ2) is 9.44. The number of thiocarbonyl (C=S) groups is 1. The summed E-state index contributed by atoms with van der Waals surface area (Å²) in [5.74, 6) is -0.0439. The predicted molar refractivity (Wildman–Crippen MR) is 89.4 cm³/mol. The molecule has 6 heteroatoms. The lowest BCUT2D eigenvalue weighted by Gasteiger charge is -2.19. The van der Waals surface area contributed by atoms with Gasteiger partial charge in [0, 0.05) is 37.4 Å². The van der Waals surface area contributed by atoms with Crippen LogP contribution in [-0.2, 0) is 4.79 Å². The molecule has 0 saturated heterocycles. The Labute approximate surface area is 131 Å². The van der Waals surface area contributed by atoms with E-state index in [1.54, 1.807) is 6.07 Å². The number of carbonyl (C=O) groups is 1. The Bertz CT molecular complexity index is 480. The molecule has 0 spiro atoms. The van der Waals surface area contributed by atoms with Crippen LogP contribution >= 0.6 is 12.2 Å². The number of benzene rings is 1. The van der Waals surface area contributed by atoms with Gasteiger partial charge in [0.05, 0.1) is 0 Å². The zero-order valence-electron chi connectivity index (χ0n) is 12.3. The molecule has 0 saturated carbocycles. The minimum absolute atomic E-state index is 0.0439. The number of rotatable bonds is 9. The molecule has 0 bridgehead atoms. The Hall–Kier alpha value is -1.50. The fraction of sp³-hybridized carbons (Fsp3) is 0.467. The Morgan fingerprint density at radius 2 is 2.19 bits per heavy atom. The molecule has 0 heterocycles. The Balaban J connectivity index is 2.46. The molecule has 5 nitrogen and oxygen atoms in total. The van der Waals surface area contributed by atoms with Crippen LogP contribution in [0.25, 0.3) is 0 Å². The van der Waals surface area contributed by atoms with E-state index in [2.05, 4.69) is 10.2 Å². The van der Waals surface area contributed by atoms with Gasteiger partial charge in [-0.2, -0.15) is 0 Å². The Morgan fingerprint density at radius 1 is 1.43 bits per heavy atom. The molecule has 1 aromatic carbocycles. The minimum Gasteiger partial charge on any atom is -0.396 e. The van der Waals surface area contributed by atoms with E-state index in [9.17, 15) is 4.79 Å². The van der Waals surface area contributed by atoms with E-state index in [-0.39, 0.29) is 12.5 Å². The van der Waals surface area contributed by atoms with Gasteiger partial charge in [0.1, 0.15) is 4.99 Å². The lowest BCUT2D eigenvalue weighted by Crippen LogP contribution is -2.29. The van der Waals surface area contributed by atoms with Crippen LogP contribution in [0.15, 0.2) is 24.3 Å². The molecule has 21 heavy (non-hydrogen) atoms. The van der Waals surface area contributed by atoms with Crippen LogP contribution in [0.4, 0.5) is 5.69 Å². The number of carbonyl (C=O) groups excluding carboxylic acids is 1. The molecule has 0 aliphatic rings. The van der Waals surface area contributed by atoms with Gasteiger partial charge in [-0.15, -0.1) is 0 Å². The van der Waals surface area contributed by atoms with Crippen molar-refractivity contribution in [3.8, 4) is 0 Å². The third-order valence-corrected chi connectivity index (χ3v) is 3.40. The number of nitrogens with two attached hydrogens (primary N) is 1. The van der Waals surface area contributed by atoms with Gasteiger partial charge < -0.3 is 21.1 Å². The summed E-state index contributed by atoms with van der Waals surface area (Å²) in [5, 5.41) is 11.7. The summed E-state index contributed by atoms with van der Waals surface area (Å²) >= 11 is 4.91. The van der Waals surface area contributed by atoms with Crippen LogP contribution < -0.4 is 11.1 Å². The molecule has 0 aromatic heterocycles. The molecule has 0 aliphatic carbocycles. The zero-order valence-corrected chi connectivity index (χ0v) is 13.2. The Kier molecular flexibility index (Phi) is 7.89. The summed E-state index contributed by atoms with van der Waals surface area (Å²) < 4.78 is 0. The van der Waals surface area contributed by atoms with Gasteiger partial charge in [0.15, 0.2) is 0 Å². The second-order valence-electron chi connectivity index (χ2n) is 4.75. The summed E-state index contributed by atoms with van der Waals surface area (Å²) in [7, 11) is 0. The highest BCUT2D eigenvalue weighted by Crippen LogP contribution is 2.11. The molecule has 4 N–H and O–H groups in total. The van der Waals surface area contributed by atoms with Crippen LogP contribution in [0.3, 0.4) is 0 Å². The van der Waals surface area contributed by atoms with Crippen LogP contribution in [0.5, 0.6) is 0 Å². The van der Waals surface area contributed by atoms with Crippen molar-refractivity contribution < 1.29 is 9.90 Å². The molecule has 0 fully saturated rings. The predicted octanol–water partition coefficient (Wildman–Crippen LogP) is 1.35. The minimum atomic E-state index is -0.0439. The number of anilines is 1. The van der Waals surface area contributed by atoms with Crippen molar-refractivity contribution in [2.24, 2.45) is 5.73 Å². The van der Waals surface area contributed by atoms with Crippen molar-refractivity contribution in [1.82, 2.24) is 4.90 Å². The highest BCUT2D eigenvalue weighted by Gasteiger charge is 2.07. The van der Waals surface area contributed by atoms with Crippen molar-refractivity contribution in [1.29, 1.82) is 0 Å². The maximum Gasteiger partial charge on any atom is 0.225 e. The third-order valence-electron chi connectivity index (χ3n) is 3.17. The molecule has 1 amide bonds. The first-order valence-corrected chi connectivity index (χ1v) is 7.50. The molecule has 0 unspecified atom stereocenters. The quantitative estimate of drug-likeness (QED) is 0.600. The van der Waals surface area contributed by atoms with Crippen molar-refractivity contribution >= 4 is 28.8 Å². The standard InChI is InChI=1S/C15H23N3O2S/c1-2-18(8-4-10-19)9-7-14(20)17-13-6-3-5-12(11-13)15(16)21/h3,5-6,11,19H,2,4,7-10H2,1H3,(H2,16,21)(H,17,20). The molecule has 0 radical (unpaired) electrons. The third kappa shape index (κ3) is 6.66. The van der Waals surface area contributed by atoms with E-state index in [1.165, 1.54) is 0 Å². The maximum absolute atomic E-state index is 11.9. The van der Waals surface area contributed by atoms with Crippen LogP contribution in [0.2, 0.25) is 0 Å². The Morgan fingerprint density at radius 3 is 2.81 bits per heavy atom. The molecule has 1 rings (SSSR count). The van der Waals surface area contributed by atoms with Crippen LogP contribution in [0, 0.1) is 0 Å². The van der Waals surface area contributed by atoms with Gasteiger partial charge in [-0.3, -0.25) is 4.79 Å². The van der Waals surface area contributed by atoms with Crippen molar-refractivity contribution in [3.63, 3.8) is 0 Å². The normalized spacial score (nSPS) is 10.6. The summed E-state index contributed by atoms with van der Waals surface area (Å²) in [5.41, 5.74) is 7.00. The average Bonchev–Trinajstić information content (AvgIpc) is 2.47. The van der Waals surface area contributed by atoms with Gasteiger partial charge in [0.25, 0.3) is 0 Å². The highest BCUT2D eigenvalue weighted by molar-refractivity contribution is 7.80. The maximum atomic E-state index is 11.9. The van der Waals surface area contributed by atoms with E-state index in [0.717, 1.165) is 25.1 Å². The fourth-order valence-electron chi connectivity index (χ4n) is 1.96. The van der Waals surface area contributed by atoms with Crippen molar-refractivity contribution in [3.05, 3.63) is 29.8 Å². The smallest absolute Gasteiger partial charge is 0.225 e. The number of amides is 1. The van der Waals surface area contributed by atoms with Gasteiger partial charge in [-0.05, 0) is 25.1 Å². The highest BCUT2D eigenvalue weighted by atomic mass is 32.1. The summed E-state index contributed by atoms with van der Waals surface area (Å²) in [6.45, 7) is 4.56. The first-order valence-electron chi connectivity index (χ1n) is 7.09. The fourth-order valence-corrected chi connectivity index (χ4v) is 2.08. The molecule has 1 aromatic rings. The number of hydrogen-bond donors (Lipinski definition) is 3. The topological polar surface area (TPSA) is 78.6 Å². The van der Waals surface area contributed by atoms with Crippen molar-refractivity contribution in [2.45, 2.75) is 19.8 Å². The van der Waals surface area contributed by atoms with Crippen LogP contribution in [0.1, 0.15) is 25.3 Å². The van der Waals surface area contributed by atoms with E-state index in [0.29, 0.717) is 23.6 Å². The van der Waals surface area contributed by atoms with Gasteiger partial charge >= 0.3 is 0 Å². The van der Waals surface area contributed by atoms with E-state index in [1.807, 2.05) is 25.1 Å². The van der Waals surface area contributed by atoms with E-state index < -0.39 is 0 Å². The SMILES string of the molecule is CCN(CCCO)CCC(=O)Nc1cccc(C(N)=S)c1. The summed E-state index contributed by atoms with van der Waals surface area (Å²) in [6, 6.07) is 7.20. The zero-order chi connectivity index (χ0) is 15.7. The van der Waals surface area contributed by atoms with Crippen molar-refractivity contribution in [2.75, 3.05) is 31.6 Å². The second-order valence-corrected chi connectivity index (χ2v) is 5.19. The van der Waals surface area contributed by atoms with Gasteiger partial charge in [-0.1, -0.05) is 31.3 Å². The largest absolute Gasteiger partial charge is 0.396 e. The number of nitrogens with one attached hydrogen (secondary N) is 1. The first kappa shape index (κ1) is 17.6. The molecular weight excluding hydrogens is 286 g/mol. The van der Waals surface area contributed by atoms with Crippen LogP contribution in [-0.4, -0.2) is 47.1 Å². The van der Waals surface area contributed by atoms with E-state index in [4.69, 9.17) is 23.1 Å². The lowest BCUT2D eigenvalue weighted by atomic mass is 10.2. The van der Waals surface area contributed by atoms with Gasteiger partial charge in [-0.25, -0.2) is 0 Å². The molecule has 116 valence electrons. The monoisotopic (exact) mass is 309 g/mol. The van der Waals surface area contributed by atoms with E-state index >= 15 is 0 Å². The number of hydrogen-bond acceptors (Lipinski definition) is 4. The average molecular weight is 309 g/mol. The molecule has 0 atom stereocenters. The summed E-state index contributed by atoms with van der Waals surface area (Å²) in [4.78, 5) is 14.4. The number of aliphatic hydroxyl groups excluding tert-OH is 1.